The Balaban J connectivity index is 2.06. The fourth-order valence-electron chi connectivity index (χ4n) is 1.25. The minimum Gasteiger partial charge on any atom is -0.327 e. The molecule has 2 unspecified atom stereocenters. The number of hydrogen-bond donors (Lipinski definition) is 2. The highest BCUT2D eigenvalue weighted by atomic mass is 15.0. The Morgan fingerprint density at radius 2 is 2.18 bits per heavy atom. The van der Waals surface area contributed by atoms with Gasteiger partial charge in [-0.25, -0.2) is 0 Å². The van der Waals surface area contributed by atoms with E-state index in [1.54, 1.807) is 0 Å². The largest absolute Gasteiger partial charge is 0.327 e. The molecule has 2 nitrogen and oxygen atoms in total. The quantitative estimate of drug-likeness (QED) is 0.640. The van der Waals surface area contributed by atoms with Gasteiger partial charge in [0.25, 0.3) is 0 Å². The summed E-state index contributed by atoms with van der Waals surface area (Å²) in [6, 6.07) is 1.06. The molecule has 3 N–H and O–H groups in total. The lowest BCUT2D eigenvalue weighted by Gasteiger charge is -2.10. The predicted octanol–water partition coefficient (Wildman–Crippen LogP) is 1.11. The van der Waals surface area contributed by atoms with Crippen molar-refractivity contribution in [2.24, 2.45) is 11.1 Å². The molecule has 1 rings (SSSR count). The molecule has 0 heterocycles. The van der Waals surface area contributed by atoms with Crippen LogP contribution in [-0.2, 0) is 0 Å². The van der Waals surface area contributed by atoms with E-state index in [1.165, 1.54) is 6.42 Å². The van der Waals surface area contributed by atoms with Gasteiger partial charge in [-0.1, -0.05) is 20.8 Å². The average Bonchev–Trinajstić information content (AvgIpc) is 2.54. The molecule has 1 aliphatic rings. The van der Waals surface area contributed by atoms with Crippen LogP contribution in [0, 0.1) is 5.41 Å². The number of rotatable bonds is 4. The van der Waals surface area contributed by atoms with Crippen LogP contribution in [0.5, 0.6) is 0 Å². The molecule has 0 bridgehead atoms. The van der Waals surface area contributed by atoms with Gasteiger partial charge in [0.1, 0.15) is 0 Å². The maximum absolute atomic E-state index is 5.78. The Hall–Kier alpha value is -0.0800. The molecule has 1 saturated carbocycles. The first-order valence-electron chi connectivity index (χ1n) is 4.55. The van der Waals surface area contributed by atoms with Crippen LogP contribution >= 0.6 is 0 Å². The molecule has 0 aromatic carbocycles. The summed E-state index contributed by atoms with van der Waals surface area (Å²) in [4.78, 5) is 0. The molecule has 0 aromatic heterocycles. The summed E-state index contributed by atoms with van der Waals surface area (Å²) in [6.07, 6.45) is 2.38. The lowest BCUT2D eigenvalue weighted by atomic mass is 10.2. The molecule has 1 fully saturated rings. The van der Waals surface area contributed by atoms with Crippen molar-refractivity contribution in [1.82, 2.24) is 5.32 Å². The average molecular weight is 156 g/mol. The van der Waals surface area contributed by atoms with Crippen LogP contribution in [0.3, 0.4) is 0 Å². The maximum Gasteiger partial charge on any atom is 0.0162 e. The van der Waals surface area contributed by atoms with Gasteiger partial charge >= 0.3 is 0 Å². The van der Waals surface area contributed by atoms with Crippen molar-refractivity contribution in [3.63, 3.8) is 0 Å². The summed E-state index contributed by atoms with van der Waals surface area (Å²) in [6.45, 7) is 7.69. The van der Waals surface area contributed by atoms with Gasteiger partial charge in [-0.2, -0.15) is 0 Å². The molecule has 1 aliphatic carbocycles. The summed E-state index contributed by atoms with van der Waals surface area (Å²) in [5, 5.41) is 3.47. The smallest absolute Gasteiger partial charge is 0.0162 e. The lowest BCUT2D eigenvalue weighted by Crippen LogP contribution is -2.35. The van der Waals surface area contributed by atoms with Gasteiger partial charge in [0.05, 0.1) is 0 Å². The second-order valence-corrected chi connectivity index (χ2v) is 4.32. The van der Waals surface area contributed by atoms with Crippen molar-refractivity contribution in [2.45, 2.75) is 45.7 Å². The van der Waals surface area contributed by atoms with Crippen LogP contribution in [0.2, 0.25) is 0 Å². The van der Waals surface area contributed by atoms with Gasteiger partial charge in [0.2, 0.25) is 0 Å². The third-order valence-electron chi connectivity index (χ3n) is 2.66. The van der Waals surface area contributed by atoms with Crippen LogP contribution in [-0.4, -0.2) is 18.6 Å². The van der Waals surface area contributed by atoms with E-state index in [4.69, 9.17) is 5.73 Å². The fourth-order valence-corrected chi connectivity index (χ4v) is 1.25. The maximum atomic E-state index is 5.78. The minimum atomic E-state index is 0.339. The van der Waals surface area contributed by atoms with Crippen molar-refractivity contribution < 1.29 is 0 Å². The molecular formula is C9H20N2. The Morgan fingerprint density at radius 3 is 2.55 bits per heavy atom. The molecule has 2 atom stereocenters. The van der Waals surface area contributed by atoms with Gasteiger partial charge in [0.15, 0.2) is 0 Å². The van der Waals surface area contributed by atoms with Crippen LogP contribution in [0.1, 0.15) is 33.6 Å². The third-order valence-corrected chi connectivity index (χ3v) is 2.66. The van der Waals surface area contributed by atoms with E-state index in [-0.39, 0.29) is 0 Å². The summed E-state index contributed by atoms with van der Waals surface area (Å²) in [7, 11) is 0. The van der Waals surface area contributed by atoms with Gasteiger partial charge < -0.3 is 11.1 Å². The van der Waals surface area contributed by atoms with Crippen LogP contribution in [0.15, 0.2) is 0 Å². The van der Waals surface area contributed by atoms with Gasteiger partial charge in [0, 0.05) is 18.6 Å². The van der Waals surface area contributed by atoms with Crippen LogP contribution in [0.25, 0.3) is 0 Å². The monoisotopic (exact) mass is 156 g/mol. The first-order chi connectivity index (χ1) is 5.06. The normalized spacial score (nSPS) is 30.0. The molecule has 0 saturated heterocycles. The van der Waals surface area contributed by atoms with E-state index < -0.39 is 0 Å². The van der Waals surface area contributed by atoms with E-state index >= 15 is 0 Å². The van der Waals surface area contributed by atoms with Crippen LogP contribution < -0.4 is 11.1 Å². The molecule has 0 spiro atoms. The van der Waals surface area contributed by atoms with Crippen LogP contribution in [0.4, 0.5) is 0 Å². The molecule has 2 heteroatoms. The Bertz CT molecular complexity index is 132. The van der Waals surface area contributed by atoms with Crippen molar-refractivity contribution >= 4 is 0 Å². The highest BCUT2D eigenvalue weighted by Gasteiger charge is 2.45. The highest BCUT2D eigenvalue weighted by molar-refractivity contribution is 5.01. The number of hydrogen-bond acceptors (Lipinski definition) is 2. The first kappa shape index (κ1) is 9.01. The molecular weight excluding hydrogens is 136 g/mol. The Kier molecular flexibility index (Phi) is 2.55. The second kappa shape index (κ2) is 3.11. The topological polar surface area (TPSA) is 38.0 Å². The van der Waals surface area contributed by atoms with Gasteiger partial charge in [-0.3, -0.25) is 0 Å². The highest BCUT2D eigenvalue weighted by Crippen LogP contribution is 2.44. The molecule has 0 aromatic rings. The van der Waals surface area contributed by atoms with E-state index in [9.17, 15) is 0 Å². The minimum absolute atomic E-state index is 0.339. The van der Waals surface area contributed by atoms with Crippen molar-refractivity contribution in [3.05, 3.63) is 0 Å². The third kappa shape index (κ3) is 2.46. The molecule has 0 amide bonds. The Labute approximate surface area is 69.5 Å². The van der Waals surface area contributed by atoms with E-state index in [2.05, 4.69) is 26.1 Å². The molecule has 66 valence electrons. The summed E-state index contributed by atoms with van der Waals surface area (Å²) in [5.41, 5.74) is 6.31. The van der Waals surface area contributed by atoms with E-state index in [0.29, 0.717) is 11.5 Å². The predicted molar refractivity (Wildman–Crippen MR) is 48.5 cm³/mol. The SMILES string of the molecule is CCC(N)CNC1CC1(C)C. The van der Waals surface area contributed by atoms with Gasteiger partial charge in [-0.15, -0.1) is 0 Å². The van der Waals surface area contributed by atoms with E-state index in [0.717, 1.165) is 19.0 Å². The zero-order valence-electron chi connectivity index (χ0n) is 7.85. The summed E-state index contributed by atoms with van der Waals surface area (Å²) in [5.74, 6) is 0. The Morgan fingerprint density at radius 1 is 1.64 bits per heavy atom. The lowest BCUT2D eigenvalue weighted by molar-refractivity contribution is 0.503. The van der Waals surface area contributed by atoms with Crippen molar-refractivity contribution in [1.29, 1.82) is 0 Å². The second-order valence-electron chi connectivity index (χ2n) is 4.32. The zero-order chi connectivity index (χ0) is 8.48. The molecule has 0 aliphatic heterocycles. The van der Waals surface area contributed by atoms with Gasteiger partial charge in [-0.05, 0) is 18.3 Å². The van der Waals surface area contributed by atoms with Crippen molar-refractivity contribution in [3.8, 4) is 0 Å². The molecule has 11 heavy (non-hydrogen) atoms. The fraction of sp³-hybridized carbons (Fsp3) is 1.00. The number of nitrogens with two attached hydrogens (primary N) is 1. The molecule has 0 radical (unpaired) electrons. The summed E-state index contributed by atoms with van der Waals surface area (Å²) >= 11 is 0. The van der Waals surface area contributed by atoms with E-state index in [1.807, 2.05) is 0 Å². The zero-order valence-corrected chi connectivity index (χ0v) is 7.85. The number of nitrogens with one attached hydrogen (secondary N) is 1. The standard InChI is InChI=1S/C9H20N2/c1-4-7(10)6-11-8-5-9(8,2)3/h7-8,11H,4-6,10H2,1-3H3. The first-order valence-corrected chi connectivity index (χ1v) is 4.55. The van der Waals surface area contributed by atoms with Crippen molar-refractivity contribution in [2.75, 3.05) is 6.54 Å². The summed E-state index contributed by atoms with van der Waals surface area (Å²) < 4.78 is 0.